The van der Waals surface area contributed by atoms with E-state index in [9.17, 15) is 0 Å². The van der Waals surface area contributed by atoms with E-state index in [0.717, 1.165) is 23.4 Å². The first kappa shape index (κ1) is 14.9. The van der Waals surface area contributed by atoms with Gasteiger partial charge in [0.25, 0.3) is 0 Å². The fourth-order valence-corrected chi connectivity index (χ4v) is 3.17. The van der Waals surface area contributed by atoms with Gasteiger partial charge in [0.05, 0.1) is 17.6 Å². The third-order valence-corrected chi connectivity index (χ3v) is 4.67. The highest BCUT2D eigenvalue weighted by atomic mass is 15.4. The quantitative estimate of drug-likeness (QED) is 0.672. The number of rotatable bonds is 2. The van der Waals surface area contributed by atoms with E-state index in [1.165, 1.54) is 16.7 Å². The smallest absolute Gasteiger partial charge is 0.0944 e. The minimum Gasteiger partial charge on any atom is -0.213 e. The molecule has 0 bridgehead atoms. The van der Waals surface area contributed by atoms with Crippen LogP contribution in [0.4, 0.5) is 0 Å². The van der Waals surface area contributed by atoms with Crippen LogP contribution in [-0.4, -0.2) is 15.0 Å². The predicted octanol–water partition coefficient (Wildman–Crippen LogP) is 4.92. The van der Waals surface area contributed by atoms with Crippen LogP contribution in [-0.2, 0) is 6.42 Å². The zero-order chi connectivity index (χ0) is 16.7. The average molecular weight is 315 g/mol. The van der Waals surface area contributed by atoms with Crippen LogP contribution >= 0.6 is 0 Å². The Morgan fingerprint density at radius 1 is 1.00 bits per heavy atom. The van der Waals surface area contributed by atoms with Gasteiger partial charge in [-0.05, 0) is 35.1 Å². The van der Waals surface area contributed by atoms with Crippen LogP contribution in [0.5, 0.6) is 0 Å². The van der Waals surface area contributed by atoms with E-state index in [2.05, 4.69) is 67.5 Å². The molecule has 3 aromatic rings. The topological polar surface area (TPSA) is 30.7 Å². The number of benzene rings is 2. The van der Waals surface area contributed by atoms with Crippen LogP contribution in [0.25, 0.3) is 23.0 Å². The van der Waals surface area contributed by atoms with Gasteiger partial charge < -0.3 is 0 Å². The Morgan fingerprint density at radius 3 is 2.54 bits per heavy atom. The van der Waals surface area contributed by atoms with Crippen molar-refractivity contribution in [3.8, 4) is 16.9 Å². The van der Waals surface area contributed by atoms with Crippen LogP contribution in [0.3, 0.4) is 0 Å². The lowest BCUT2D eigenvalue weighted by Gasteiger charge is -2.19. The Kier molecular flexibility index (Phi) is 3.38. The molecule has 3 heteroatoms. The first-order valence-corrected chi connectivity index (χ1v) is 8.33. The van der Waals surface area contributed by atoms with Gasteiger partial charge in [-0.2, -0.15) is 0 Å². The molecule has 0 saturated carbocycles. The van der Waals surface area contributed by atoms with Gasteiger partial charge in [0.15, 0.2) is 0 Å². The average Bonchev–Trinajstić information content (AvgIpc) is 3.21. The largest absolute Gasteiger partial charge is 0.213 e. The van der Waals surface area contributed by atoms with Crippen molar-refractivity contribution >= 4 is 6.08 Å². The predicted molar refractivity (Wildman–Crippen MR) is 97.9 cm³/mol. The Balaban J connectivity index is 1.76. The van der Waals surface area contributed by atoms with Crippen molar-refractivity contribution in [2.24, 2.45) is 5.41 Å². The van der Waals surface area contributed by atoms with E-state index >= 15 is 0 Å². The molecule has 120 valence electrons. The van der Waals surface area contributed by atoms with E-state index in [0.29, 0.717) is 0 Å². The summed E-state index contributed by atoms with van der Waals surface area (Å²) in [5.74, 6) is 0. The maximum atomic E-state index is 4.30. The van der Waals surface area contributed by atoms with Gasteiger partial charge in [-0.15, -0.1) is 5.10 Å². The number of aromatic nitrogens is 3. The minimum absolute atomic E-state index is 0.210. The van der Waals surface area contributed by atoms with E-state index in [1.807, 2.05) is 29.1 Å². The normalized spacial score (nSPS) is 13.7. The molecule has 0 aliphatic heterocycles. The first-order chi connectivity index (χ1) is 11.5. The molecule has 1 aliphatic carbocycles. The Bertz CT molecular complexity index is 912. The lowest BCUT2D eigenvalue weighted by molar-refractivity contribution is 0.498. The van der Waals surface area contributed by atoms with Gasteiger partial charge in [-0.25, -0.2) is 4.68 Å². The van der Waals surface area contributed by atoms with Crippen molar-refractivity contribution < 1.29 is 0 Å². The summed E-state index contributed by atoms with van der Waals surface area (Å²) < 4.78 is 1.92. The van der Waals surface area contributed by atoms with E-state index in [4.69, 9.17) is 0 Å². The summed E-state index contributed by atoms with van der Waals surface area (Å²) in [7, 11) is 0. The standard InChI is InChI=1S/C21H21N3/c1-21(2,3)18-11-16-9-10-19(13-17(16)12-18)24-20(14-22-23-24)15-7-5-4-6-8-15/h4-10,12-14H,11H2,1-3H3. The van der Waals surface area contributed by atoms with Crippen molar-refractivity contribution in [1.82, 2.24) is 15.0 Å². The second kappa shape index (κ2) is 5.45. The van der Waals surface area contributed by atoms with Crippen molar-refractivity contribution in [2.45, 2.75) is 27.2 Å². The van der Waals surface area contributed by atoms with E-state index in [-0.39, 0.29) is 5.41 Å². The summed E-state index contributed by atoms with van der Waals surface area (Å²) in [6.07, 6.45) is 5.19. The minimum atomic E-state index is 0.210. The maximum Gasteiger partial charge on any atom is 0.0944 e. The molecule has 0 N–H and O–H groups in total. The SMILES string of the molecule is CC(C)(C)C1=Cc2cc(-n3nncc3-c3ccccc3)ccc2C1. The van der Waals surface area contributed by atoms with Gasteiger partial charge in [0.2, 0.25) is 0 Å². The molecule has 0 amide bonds. The fourth-order valence-electron chi connectivity index (χ4n) is 3.17. The van der Waals surface area contributed by atoms with E-state index < -0.39 is 0 Å². The molecule has 0 unspecified atom stereocenters. The van der Waals surface area contributed by atoms with Gasteiger partial charge in [0.1, 0.15) is 0 Å². The zero-order valence-corrected chi connectivity index (χ0v) is 14.3. The van der Waals surface area contributed by atoms with Crippen LogP contribution in [0.15, 0.2) is 60.3 Å². The van der Waals surface area contributed by atoms with Crippen LogP contribution < -0.4 is 0 Å². The molecule has 0 spiro atoms. The number of fused-ring (bicyclic) bond motifs is 1. The highest BCUT2D eigenvalue weighted by Crippen LogP contribution is 2.37. The fraction of sp³-hybridized carbons (Fsp3) is 0.238. The summed E-state index contributed by atoms with van der Waals surface area (Å²) in [5, 5.41) is 8.42. The molecule has 0 fully saturated rings. The highest BCUT2D eigenvalue weighted by Gasteiger charge is 2.23. The second-order valence-corrected chi connectivity index (χ2v) is 7.38. The molecule has 1 heterocycles. The zero-order valence-electron chi connectivity index (χ0n) is 14.3. The molecule has 3 nitrogen and oxygen atoms in total. The number of hydrogen-bond donors (Lipinski definition) is 0. The maximum absolute atomic E-state index is 4.30. The Labute approximate surface area is 142 Å². The van der Waals surface area contributed by atoms with Gasteiger partial charge in [-0.1, -0.05) is 74.0 Å². The molecule has 0 radical (unpaired) electrons. The second-order valence-electron chi connectivity index (χ2n) is 7.38. The van der Waals surface area contributed by atoms with Gasteiger partial charge in [0, 0.05) is 5.56 Å². The van der Waals surface area contributed by atoms with Crippen molar-refractivity contribution in [3.05, 3.63) is 71.4 Å². The van der Waals surface area contributed by atoms with Gasteiger partial charge in [-0.3, -0.25) is 0 Å². The lowest BCUT2D eigenvalue weighted by Crippen LogP contribution is -2.08. The van der Waals surface area contributed by atoms with Crippen molar-refractivity contribution in [1.29, 1.82) is 0 Å². The summed E-state index contributed by atoms with van der Waals surface area (Å²) in [6.45, 7) is 6.82. The number of hydrogen-bond acceptors (Lipinski definition) is 2. The molecular formula is C21H21N3. The van der Waals surface area contributed by atoms with Gasteiger partial charge >= 0.3 is 0 Å². The molecule has 4 rings (SSSR count). The molecular weight excluding hydrogens is 294 g/mol. The lowest BCUT2D eigenvalue weighted by atomic mass is 9.85. The third kappa shape index (κ3) is 2.56. The Morgan fingerprint density at radius 2 is 1.79 bits per heavy atom. The van der Waals surface area contributed by atoms with Crippen LogP contribution in [0.2, 0.25) is 0 Å². The molecule has 2 aromatic carbocycles. The Hall–Kier alpha value is -2.68. The molecule has 1 aromatic heterocycles. The molecule has 0 atom stereocenters. The summed E-state index contributed by atoms with van der Waals surface area (Å²) in [5.41, 5.74) is 7.56. The number of allylic oxidation sites excluding steroid dienone is 1. The summed E-state index contributed by atoms with van der Waals surface area (Å²) in [6, 6.07) is 16.8. The number of nitrogens with zero attached hydrogens (tertiary/aromatic N) is 3. The summed E-state index contributed by atoms with van der Waals surface area (Å²) in [4.78, 5) is 0. The molecule has 1 aliphatic rings. The first-order valence-electron chi connectivity index (χ1n) is 8.33. The molecule has 0 saturated heterocycles. The van der Waals surface area contributed by atoms with Crippen molar-refractivity contribution in [3.63, 3.8) is 0 Å². The van der Waals surface area contributed by atoms with Crippen molar-refractivity contribution in [2.75, 3.05) is 0 Å². The van der Waals surface area contributed by atoms with E-state index in [1.54, 1.807) is 0 Å². The third-order valence-electron chi connectivity index (χ3n) is 4.67. The molecule has 24 heavy (non-hydrogen) atoms. The van der Waals surface area contributed by atoms with Crippen LogP contribution in [0.1, 0.15) is 31.9 Å². The van der Waals surface area contributed by atoms with Crippen LogP contribution in [0, 0.1) is 5.41 Å². The highest BCUT2D eigenvalue weighted by molar-refractivity contribution is 5.68. The monoisotopic (exact) mass is 315 g/mol. The summed E-state index contributed by atoms with van der Waals surface area (Å²) >= 11 is 0.